The molecule has 0 saturated carbocycles. The van der Waals surface area contributed by atoms with Crippen molar-refractivity contribution in [2.45, 2.75) is 76.2 Å². The molecule has 0 radical (unpaired) electrons. The minimum atomic E-state index is -0.545. The van der Waals surface area contributed by atoms with E-state index in [1.54, 1.807) is 11.0 Å². The van der Waals surface area contributed by atoms with E-state index in [1.165, 1.54) is 11.8 Å². The molecule has 2 heterocycles. The average Bonchev–Trinajstić information content (AvgIpc) is 2.70. The van der Waals surface area contributed by atoms with E-state index >= 15 is 0 Å². The Hall–Kier alpha value is -2.22. The zero-order valence-electron chi connectivity index (χ0n) is 19.9. The van der Waals surface area contributed by atoms with E-state index < -0.39 is 5.60 Å². The van der Waals surface area contributed by atoms with Crippen LogP contribution in [-0.2, 0) is 9.53 Å². The lowest BCUT2D eigenvalue weighted by Crippen LogP contribution is -2.48. The number of rotatable bonds is 4. The maximum atomic E-state index is 13.2. The molecule has 0 aliphatic carbocycles. The van der Waals surface area contributed by atoms with Crippen LogP contribution >= 0.6 is 11.8 Å². The summed E-state index contributed by atoms with van der Waals surface area (Å²) in [5.74, 6) is 0.112. The number of carbonyl (C=O) groups is 3. The van der Waals surface area contributed by atoms with Crippen molar-refractivity contribution < 1.29 is 19.1 Å². The van der Waals surface area contributed by atoms with Crippen LogP contribution in [0, 0.1) is 5.92 Å². The molecule has 3 amide bonds. The summed E-state index contributed by atoms with van der Waals surface area (Å²) in [6.07, 6.45) is 1.55. The van der Waals surface area contributed by atoms with Crippen LogP contribution in [0.25, 0.3) is 0 Å². The average molecular weight is 462 g/mol. The van der Waals surface area contributed by atoms with Crippen molar-refractivity contribution in [1.82, 2.24) is 9.80 Å². The van der Waals surface area contributed by atoms with Crippen molar-refractivity contribution in [2.24, 2.45) is 5.92 Å². The highest BCUT2D eigenvalue weighted by Crippen LogP contribution is 2.36. The number of benzene rings is 1. The van der Waals surface area contributed by atoms with Crippen LogP contribution in [-0.4, -0.2) is 64.2 Å². The maximum Gasteiger partial charge on any atom is 0.410 e. The number of anilines is 1. The van der Waals surface area contributed by atoms with Gasteiger partial charge in [0.25, 0.3) is 5.91 Å². The number of hydrogen-bond acceptors (Lipinski definition) is 5. The first kappa shape index (κ1) is 24.4. The Bertz CT molecular complexity index is 880. The van der Waals surface area contributed by atoms with Gasteiger partial charge in [0.1, 0.15) is 5.60 Å². The fourth-order valence-electron chi connectivity index (χ4n) is 4.02. The minimum Gasteiger partial charge on any atom is -0.444 e. The van der Waals surface area contributed by atoms with Crippen molar-refractivity contribution >= 4 is 35.4 Å². The molecule has 1 aromatic rings. The van der Waals surface area contributed by atoms with Crippen molar-refractivity contribution in [3.05, 3.63) is 23.8 Å². The maximum absolute atomic E-state index is 13.2. The zero-order valence-corrected chi connectivity index (χ0v) is 20.8. The van der Waals surface area contributed by atoms with Crippen molar-refractivity contribution in [2.75, 3.05) is 25.0 Å². The molecule has 2 aliphatic rings. The molecule has 2 aliphatic heterocycles. The monoisotopic (exact) mass is 461 g/mol. The number of nitrogens with zero attached hydrogens (tertiary/aromatic N) is 2. The summed E-state index contributed by atoms with van der Waals surface area (Å²) in [7, 11) is 0. The third-order valence-corrected chi connectivity index (χ3v) is 6.85. The smallest absolute Gasteiger partial charge is 0.410 e. The van der Waals surface area contributed by atoms with Gasteiger partial charge in [-0.05, 0) is 78.5 Å². The highest BCUT2D eigenvalue weighted by Gasteiger charge is 2.31. The van der Waals surface area contributed by atoms with Gasteiger partial charge in [-0.3, -0.25) is 9.59 Å². The van der Waals surface area contributed by atoms with E-state index in [1.807, 2.05) is 58.6 Å². The van der Waals surface area contributed by atoms with Crippen molar-refractivity contribution in [3.8, 4) is 0 Å². The third-order valence-electron chi connectivity index (χ3n) is 5.67. The molecule has 0 spiro atoms. The summed E-state index contributed by atoms with van der Waals surface area (Å²) in [6, 6.07) is 5.54. The van der Waals surface area contributed by atoms with Gasteiger partial charge in [-0.15, -0.1) is 11.8 Å². The predicted molar refractivity (Wildman–Crippen MR) is 127 cm³/mol. The molecule has 0 bridgehead atoms. The third kappa shape index (κ3) is 5.97. The van der Waals surface area contributed by atoms with Crippen LogP contribution in [0.4, 0.5) is 10.5 Å². The summed E-state index contributed by atoms with van der Waals surface area (Å²) < 4.78 is 5.59. The molecule has 1 aromatic carbocycles. The zero-order chi connectivity index (χ0) is 23.6. The van der Waals surface area contributed by atoms with E-state index in [0.717, 1.165) is 17.7 Å². The van der Waals surface area contributed by atoms with E-state index in [2.05, 4.69) is 5.32 Å². The molecule has 0 aromatic heterocycles. The Balaban J connectivity index is 1.67. The molecular formula is C24H35N3O4S. The first-order chi connectivity index (χ1) is 14.9. The number of ether oxygens (including phenoxy) is 1. The van der Waals surface area contributed by atoms with Gasteiger partial charge in [0, 0.05) is 36.1 Å². The number of hydrogen-bond donors (Lipinski definition) is 1. The number of amides is 3. The van der Waals surface area contributed by atoms with Crippen LogP contribution in [0.2, 0.25) is 0 Å². The second-order valence-corrected chi connectivity index (χ2v) is 11.3. The van der Waals surface area contributed by atoms with Crippen LogP contribution in [0.15, 0.2) is 23.1 Å². The number of likely N-dealkylation sites (tertiary alicyclic amines) is 1. The topological polar surface area (TPSA) is 79.0 Å². The number of nitrogens with one attached hydrogen (secondary N) is 1. The van der Waals surface area contributed by atoms with Gasteiger partial charge in [0.2, 0.25) is 5.91 Å². The SMILES string of the molecule is CC(C)N(C[C@@H]1CCCN(C(=O)c2ccc3c(c2)NC(=O)[C@H](C)S3)C1)C(=O)OC(C)(C)C. The molecule has 32 heavy (non-hydrogen) atoms. The highest BCUT2D eigenvalue weighted by atomic mass is 32.2. The Morgan fingerprint density at radius 2 is 2.03 bits per heavy atom. The van der Waals surface area contributed by atoms with E-state index in [0.29, 0.717) is 30.9 Å². The predicted octanol–water partition coefficient (Wildman–Crippen LogP) is 4.62. The van der Waals surface area contributed by atoms with Gasteiger partial charge in [0.15, 0.2) is 0 Å². The summed E-state index contributed by atoms with van der Waals surface area (Å²) in [5, 5.41) is 2.76. The number of fused-ring (bicyclic) bond motifs is 1. The fourth-order valence-corrected chi connectivity index (χ4v) is 4.95. The molecular weight excluding hydrogens is 426 g/mol. The largest absolute Gasteiger partial charge is 0.444 e. The molecule has 7 nitrogen and oxygen atoms in total. The van der Waals surface area contributed by atoms with Crippen molar-refractivity contribution in [1.29, 1.82) is 0 Å². The van der Waals surface area contributed by atoms with Gasteiger partial charge in [-0.2, -0.15) is 0 Å². The Morgan fingerprint density at radius 1 is 1.31 bits per heavy atom. The molecule has 1 fully saturated rings. The quantitative estimate of drug-likeness (QED) is 0.708. The Kier molecular flexibility index (Phi) is 7.43. The van der Waals surface area contributed by atoms with Gasteiger partial charge in [-0.25, -0.2) is 4.79 Å². The molecule has 1 saturated heterocycles. The van der Waals surface area contributed by atoms with Crippen molar-refractivity contribution in [3.63, 3.8) is 0 Å². The molecule has 3 rings (SSSR count). The summed E-state index contributed by atoms with van der Waals surface area (Å²) in [4.78, 5) is 42.5. The summed E-state index contributed by atoms with van der Waals surface area (Å²) in [6.45, 7) is 13.3. The van der Waals surface area contributed by atoms with E-state index in [4.69, 9.17) is 4.74 Å². The van der Waals surface area contributed by atoms with E-state index in [-0.39, 0.29) is 35.1 Å². The van der Waals surface area contributed by atoms with E-state index in [9.17, 15) is 14.4 Å². The Morgan fingerprint density at radius 3 is 2.69 bits per heavy atom. The fraction of sp³-hybridized carbons (Fsp3) is 0.625. The van der Waals surface area contributed by atoms with Gasteiger partial charge in [-0.1, -0.05) is 0 Å². The molecule has 0 unspecified atom stereocenters. The normalized spacial score (nSPS) is 21.1. The molecule has 176 valence electrons. The first-order valence-corrected chi connectivity index (χ1v) is 12.2. The second-order valence-electron chi connectivity index (χ2n) is 9.95. The standard InChI is InChI=1S/C24H35N3O4S/c1-15(2)27(23(30)31-24(4,5)6)14-17-8-7-11-26(13-17)22(29)18-9-10-20-19(12-18)25-21(28)16(3)32-20/h9-10,12,15-17H,7-8,11,13-14H2,1-6H3,(H,25,28)/t16-,17+/m0/s1. The minimum absolute atomic E-state index is 0.0140. The van der Waals surface area contributed by atoms with Crippen LogP contribution in [0.1, 0.15) is 64.7 Å². The summed E-state index contributed by atoms with van der Waals surface area (Å²) >= 11 is 1.51. The van der Waals surface area contributed by atoms with Gasteiger partial charge in [0.05, 0.1) is 10.9 Å². The number of thioether (sulfide) groups is 1. The number of piperidine rings is 1. The second kappa shape index (κ2) is 9.73. The van der Waals surface area contributed by atoms with Crippen LogP contribution in [0.3, 0.4) is 0 Å². The van der Waals surface area contributed by atoms with Gasteiger partial charge < -0.3 is 19.9 Å². The first-order valence-electron chi connectivity index (χ1n) is 11.3. The lowest BCUT2D eigenvalue weighted by Gasteiger charge is -2.37. The van der Waals surface area contributed by atoms with Gasteiger partial charge >= 0.3 is 6.09 Å². The Labute approximate surface area is 195 Å². The number of carbonyl (C=O) groups excluding carboxylic acids is 3. The lowest BCUT2D eigenvalue weighted by atomic mass is 9.96. The highest BCUT2D eigenvalue weighted by molar-refractivity contribution is 8.00. The molecule has 2 atom stereocenters. The molecule has 8 heteroatoms. The van der Waals surface area contributed by atoms with Crippen LogP contribution < -0.4 is 5.32 Å². The lowest BCUT2D eigenvalue weighted by molar-refractivity contribution is -0.115. The van der Waals surface area contributed by atoms with Crippen LogP contribution in [0.5, 0.6) is 0 Å². The molecule has 1 N–H and O–H groups in total. The summed E-state index contributed by atoms with van der Waals surface area (Å²) in [5.41, 5.74) is 0.734.